The maximum Gasteiger partial charge on any atom is 0.271 e. The van der Waals surface area contributed by atoms with Crippen molar-refractivity contribution >= 4 is 33.4 Å². The molecule has 1 atom stereocenters. The second-order valence-electron chi connectivity index (χ2n) is 9.96. The van der Waals surface area contributed by atoms with Gasteiger partial charge < -0.3 is 14.8 Å². The van der Waals surface area contributed by atoms with Crippen molar-refractivity contribution in [2.75, 3.05) is 0 Å². The molecule has 2 aliphatic carbocycles. The van der Waals surface area contributed by atoms with Gasteiger partial charge in [-0.05, 0) is 68.9 Å². The van der Waals surface area contributed by atoms with E-state index in [9.17, 15) is 9.59 Å². The third-order valence-electron chi connectivity index (χ3n) is 7.74. The minimum absolute atomic E-state index is 0.0316. The van der Waals surface area contributed by atoms with Crippen LogP contribution in [0.2, 0.25) is 0 Å². The molecule has 2 amide bonds. The molecule has 5 rings (SSSR count). The molecule has 2 aromatic rings. The summed E-state index contributed by atoms with van der Waals surface area (Å²) in [7, 11) is 0. The Labute approximate surface area is 182 Å². The molecule has 2 saturated carbocycles. The first-order valence-electron chi connectivity index (χ1n) is 11.7. The number of aromatic nitrogens is 1. The topological polar surface area (TPSA) is 54.3 Å². The molecule has 2 fully saturated rings. The van der Waals surface area contributed by atoms with Gasteiger partial charge in [0.05, 0.1) is 16.8 Å². The first-order chi connectivity index (χ1) is 14.5. The Morgan fingerprint density at radius 3 is 2.60 bits per heavy atom. The first kappa shape index (κ1) is 20.1. The highest BCUT2D eigenvalue weighted by atomic mass is 32.1. The Morgan fingerprint density at radius 2 is 1.87 bits per heavy atom. The largest absolute Gasteiger partial charge is 0.351 e. The van der Waals surface area contributed by atoms with Crippen LogP contribution in [0, 0.1) is 5.92 Å². The lowest BCUT2D eigenvalue weighted by Crippen LogP contribution is -2.67. The zero-order valence-electron chi connectivity index (χ0n) is 18.2. The zero-order chi connectivity index (χ0) is 20.9. The molecule has 0 spiro atoms. The SMILES string of the molecule is CC1CCC(N2C(=O)c3cc4sccc4n3CC2(C)C(=O)NC2CCCCC2)CC1. The summed E-state index contributed by atoms with van der Waals surface area (Å²) in [4.78, 5) is 29.5. The van der Waals surface area contributed by atoms with Crippen LogP contribution in [0.5, 0.6) is 0 Å². The molecule has 30 heavy (non-hydrogen) atoms. The number of amides is 2. The average molecular weight is 428 g/mol. The summed E-state index contributed by atoms with van der Waals surface area (Å²) in [6.45, 7) is 4.84. The molecule has 1 unspecified atom stereocenters. The van der Waals surface area contributed by atoms with Gasteiger partial charge in [0.15, 0.2) is 0 Å². The zero-order valence-corrected chi connectivity index (χ0v) is 19.0. The fraction of sp³-hybridized carbons (Fsp3) is 0.667. The Hall–Kier alpha value is -1.82. The van der Waals surface area contributed by atoms with Crippen molar-refractivity contribution < 1.29 is 9.59 Å². The fourth-order valence-electron chi connectivity index (χ4n) is 5.89. The van der Waals surface area contributed by atoms with E-state index < -0.39 is 5.54 Å². The van der Waals surface area contributed by atoms with Crippen LogP contribution in [0.15, 0.2) is 17.5 Å². The molecule has 1 N–H and O–H groups in total. The predicted molar refractivity (Wildman–Crippen MR) is 121 cm³/mol. The maximum atomic E-state index is 13.8. The molecular formula is C24H33N3O2S. The highest BCUT2D eigenvalue weighted by Gasteiger charge is 2.51. The number of carbonyl (C=O) groups is 2. The van der Waals surface area contributed by atoms with Crippen LogP contribution in [0.1, 0.15) is 82.1 Å². The van der Waals surface area contributed by atoms with E-state index in [1.807, 2.05) is 17.9 Å². The van der Waals surface area contributed by atoms with Crippen LogP contribution < -0.4 is 5.32 Å². The van der Waals surface area contributed by atoms with Crippen molar-refractivity contribution in [1.82, 2.24) is 14.8 Å². The van der Waals surface area contributed by atoms with Crippen LogP contribution in [-0.2, 0) is 11.3 Å². The number of hydrogen-bond donors (Lipinski definition) is 1. The van der Waals surface area contributed by atoms with Crippen molar-refractivity contribution in [3.63, 3.8) is 0 Å². The van der Waals surface area contributed by atoms with Gasteiger partial charge in [-0.2, -0.15) is 0 Å². The molecule has 1 aliphatic heterocycles. The Balaban J connectivity index is 1.51. The van der Waals surface area contributed by atoms with Crippen LogP contribution in [0.4, 0.5) is 0 Å². The van der Waals surface area contributed by atoms with Crippen molar-refractivity contribution in [3.8, 4) is 0 Å². The van der Waals surface area contributed by atoms with Crippen LogP contribution in [-0.4, -0.2) is 38.9 Å². The minimum atomic E-state index is -0.847. The molecular weight excluding hydrogens is 394 g/mol. The number of fused-ring (bicyclic) bond motifs is 3. The quantitative estimate of drug-likeness (QED) is 0.754. The van der Waals surface area contributed by atoms with E-state index in [1.165, 1.54) is 19.3 Å². The van der Waals surface area contributed by atoms with Gasteiger partial charge >= 0.3 is 0 Å². The molecule has 2 aromatic heterocycles. The van der Waals surface area contributed by atoms with E-state index >= 15 is 0 Å². The van der Waals surface area contributed by atoms with Crippen molar-refractivity contribution in [1.29, 1.82) is 0 Å². The lowest BCUT2D eigenvalue weighted by Gasteiger charge is -2.49. The molecule has 5 nitrogen and oxygen atoms in total. The molecule has 6 heteroatoms. The van der Waals surface area contributed by atoms with Gasteiger partial charge in [0.25, 0.3) is 5.91 Å². The third-order valence-corrected chi connectivity index (χ3v) is 8.59. The van der Waals surface area contributed by atoms with Crippen molar-refractivity contribution in [2.45, 2.75) is 95.8 Å². The molecule has 3 heterocycles. The summed E-state index contributed by atoms with van der Waals surface area (Å²) in [5, 5.41) is 5.42. The van der Waals surface area contributed by atoms with Gasteiger partial charge in [-0.15, -0.1) is 11.3 Å². The summed E-state index contributed by atoms with van der Waals surface area (Å²) in [5.74, 6) is 0.771. The van der Waals surface area contributed by atoms with E-state index in [4.69, 9.17) is 0 Å². The highest BCUT2D eigenvalue weighted by Crippen LogP contribution is 2.39. The lowest BCUT2D eigenvalue weighted by molar-refractivity contribution is -0.135. The van der Waals surface area contributed by atoms with Gasteiger partial charge in [0.2, 0.25) is 5.91 Å². The molecule has 3 aliphatic rings. The Bertz CT molecular complexity index is 949. The second kappa shape index (κ2) is 7.70. The first-order valence-corrected chi connectivity index (χ1v) is 12.6. The van der Waals surface area contributed by atoms with Gasteiger partial charge in [-0.1, -0.05) is 26.2 Å². The van der Waals surface area contributed by atoms with E-state index in [0.717, 1.165) is 54.4 Å². The van der Waals surface area contributed by atoms with E-state index in [0.29, 0.717) is 12.5 Å². The highest BCUT2D eigenvalue weighted by molar-refractivity contribution is 7.17. The molecule has 0 radical (unpaired) electrons. The Morgan fingerprint density at radius 1 is 1.13 bits per heavy atom. The van der Waals surface area contributed by atoms with Gasteiger partial charge in [-0.25, -0.2) is 0 Å². The van der Waals surface area contributed by atoms with E-state index in [2.05, 4.69) is 28.3 Å². The molecule has 162 valence electrons. The van der Waals surface area contributed by atoms with Gasteiger partial charge in [0, 0.05) is 12.1 Å². The van der Waals surface area contributed by atoms with E-state index in [-0.39, 0.29) is 23.9 Å². The normalized spacial score (nSPS) is 30.5. The number of nitrogens with zero attached hydrogens (tertiary/aromatic N) is 2. The summed E-state index contributed by atoms with van der Waals surface area (Å²) in [6, 6.07) is 4.50. The maximum absolute atomic E-state index is 13.8. The number of hydrogen-bond acceptors (Lipinski definition) is 3. The average Bonchev–Trinajstić information content (AvgIpc) is 3.33. The molecule has 0 saturated heterocycles. The number of carbonyl (C=O) groups excluding carboxylic acids is 2. The van der Waals surface area contributed by atoms with Crippen LogP contribution in [0.3, 0.4) is 0 Å². The summed E-state index contributed by atoms with van der Waals surface area (Å²) in [6.07, 6.45) is 9.99. The lowest BCUT2D eigenvalue weighted by atomic mass is 9.82. The summed E-state index contributed by atoms with van der Waals surface area (Å²) >= 11 is 1.66. The summed E-state index contributed by atoms with van der Waals surface area (Å²) in [5.41, 5.74) is 0.982. The fourth-order valence-corrected chi connectivity index (χ4v) is 6.72. The van der Waals surface area contributed by atoms with Gasteiger partial charge in [-0.3, -0.25) is 9.59 Å². The minimum Gasteiger partial charge on any atom is -0.351 e. The van der Waals surface area contributed by atoms with Crippen molar-refractivity contribution in [2.24, 2.45) is 5.92 Å². The van der Waals surface area contributed by atoms with E-state index in [1.54, 1.807) is 11.3 Å². The molecule has 0 bridgehead atoms. The monoisotopic (exact) mass is 427 g/mol. The summed E-state index contributed by atoms with van der Waals surface area (Å²) < 4.78 is 3.23. The van der Waals surface area contributed by atoms with Crippen molar-refractivity contribution in [3.05, 3.63) is 23.2 Å². The standard InChI is InChI=1S/C24H33N3O2S/c1-16-8-10-18(11-9-16)27-22(28)20-14-21-19(12-13-30-21)26(20)15-24(27,2)23(29)25-17-6-4-3-5-7-17/h12-14,16-18H,3-11,15H2,1-2H3,(H,25,29). The number of rotatable bonds is 3. The third kappa shape index (κ3) is 3.28. The Kier molecular flexibility index (Phi) is 5.16. The smallest absolute Gasteiger partial charge is 0.271 e. The number of thiophene rings is 1. The number of nitrogens with one attached hydrogen (secondary N) is 1. The predicted octanol–water partition coefficient (Wildman–Crippen LogP) is 4.94. The second-order valence-corrected chi connectivity index (χ2v) is 10.9. The van der Waals surface area contributed by atoms with Gasteiger partial charge in [0.1, 0.15) is 11.2 Å². The van der Waals surface area contributed by atoms with Crippen LogP contribution >= 0.6 is 11.3 Å². The molecule has 0 aromatic carbocycles. The van der Waals surface area contributed by atoms with Crippen LogP contribution in [0.25, 0.3) is 10.2 Å².